The Morgan fingerprint density at radius 1 is 0.600 bits per heavy atom. The largest absolute Gasteiger partial charge is 0.384 e. The summed E-state index contributed by atoms with van der Waals surface area (Å²) in [6.07, 6.45) is 0. The maximum Gasteiger partial charge on any atom is 0.140 e. The average Bonchev–Trinajstić information content (AvgIpc) is 3.14. The van der Waals surface area contributed by atoms with Crippen molar-refractivity contribution in [2.45, 2.75) is 27.7 Å². The number of anilines is 2. The Morgan fingerprint density at radius 2 is 0.933 bits per heavy atom. The molecule has 4 N–H and O–H groups in total. The number of halogens is 2. The zero-order valence-electron chi connectivity index (χ0n) is 17.3. The Bertz CT molecular complexity index is 1040. The van der Waals surface area contributed by atoms with E-state index in [1.54, 1.807) is 12.1 Å². The molecule has 30 heavy (non-hydrogen) atoms. The molecule has 4 aromatic heterocycles. The summed E-state index contributed by atoms with van der Waals surface area (Å²) in [6, 6.07) is 15.9. The first-order valence-corrected chi connectivity index (χ1v) is 10.9. The van der Waals surface area contributed by atoms with Crippen LogP contribution in [-0.2, 0) is 0 Å². The number of nitrogen functional groups attached to an aromatic ring is 2. The van der Waals surface area contributed by atoms with Crippen LogP contribution in [0.15, 0.2) is 57.5 Å². The molecule has 0 atom stereocenters. The van der Waals surface area contributed by atoms with Gasteiger partial charge in [0.15, 0.2) is 0 Å². The number of hydrogen-bond donors (Lipinski definition) is 2. The lowest BCUT2D eigenvalue weighted by atomic mass is 10.4. The lowest BCUT2D eigenvalue weighted by molar-refractivity contribution is 0.871. The second-order valence-electron chi connectivity index (χ2n) is 7.04. The predicted molar refractivity (Wildman–Crippen MR) is 130 cm³/mol. The molecule has 0 amide bonds. The van der Waals surface area contributed by atoms with E-state index in [0.717, 1.165) is 20.6 Å². The normalized spacial score (nSPS) is 10.6. The predicted octanol–water partition coefficient (Wildman–Crippen LogP) is 5.67. The molecule has 4 heterocycles. The number of pyridine rings is 2. The van der Waals surface area contributed by atoms with Crippen molar-refractivity contribution in [1.82, 2.24) is 19.1 Å². The fourth-order valence-corrected chi connectivity index (χ4v) is 4.18. The van der Waals surface area contributed by atoms with E-state index < -0.39 is 0 Å². The van der Waals surface area contributed by atoms with Crippen LogP contribution in [0.5, 0.6) is 0 Å². The van der Waals surface area contributed by atoms with E-state index in [1.807, 2.05) is 0 Å². The SMILES string of the molecule is Cc1ccc(C)n1-c1cc(Br)cc(-n2c(C)ccc2C)n1.Nc1cc(Br)cc(N)n1. The Kier molecular flexibility index (Phi) is 6.67. The van der Waals surface area contributed by atoms with Crippen LogP contribution >= 0.6 is 31.9 Å². The van der Waals surface area contributed by atoms with Crippen LogP contribution in [-0.4, -0.2) is 19.1 Å². The average molecular weight is 532 g/mol. The molecular weight excluding hydrogens is 508 g/mol. The Hall–Kier alpha value is -2.58. The molecule has 0 aliphatic heterocycles. The van der Waals surface area contributed by atoms with Crippen molar-refractivity contribution >= 4 is 43.5 Å². The molecule has 0 radical (unpaired) electrons. The van der Waals surface area contributed by atoms with Crippen molar-refractivity contribution in [2.75, 3.05) is 11.5 Å². The van der Waals surface area contributed by atoms with Gasteiger partial charge in [-0.1, -0.05) is 31.9 Å². The summed E-state index contributed by atoms with van der Waals surface area (Å²) in [5, 5.41) is 0. The monoisotopic (exact) mass is 530 g/mol. The van der Waals surface area contributed by atoms with Crippen LogP contribution in [0.4, 0.5) is 11.6 Å². The summed E-state index contributed by atoms with van der Waals surface area (Å²) >= 11 is 6.83. The Morgan fingerprint density at radius 3 is 1.27 bits per heavy atom. The molecule has 8 heteroatoms. The Balaban J connectivity index is 0.000000239. The summed E-state index contributed by atoms with van der Waals surface area (Å²) < 4.78 is 6.22. The van der Waals surface area contributed by atoms with Crippen molar-refractivity contribution in [1.29, 1.82) is 0 Å². The third kappa shape index (κ3) is 4.94. The molecular formula is C22H24Br2N6. The zero-order valence-corrected chi connectivity index (χ0v) is 20.5. The highest BCUT2D eigenvalue weighted by molar-refractivity contribution is 9.10. The van der Waals surface area contributed by atoms with Gasteiger partial charge in [0.2, 0.25) is 0 Å². The molecule has 4 aromatic rings. The first kappa shape index (κ1) is 22.1. The third-order valence-electron chi connectivity index (χ3n) is 4.59. The van der Waals surface area contributed by atoms with Crippen LogP contribution in [0.25, 0.3) is 11.6 Å². The van der Waals surface area contributed by atoms with E-state index in [4.69, 9.17) is 16.5 Å². The van der Waals surface area contributed by atoms with Gasteiger partial charge in [-0.3, -0.25) is 0 Å². The standard InChI is InChI=1S/C17H18BrN3.C5H6BrN3/c1-11-5-6-12(2)20(11)16-9-15(18)10-17(19-16)21-13(3)7-8-14(21)4;6-3-1-4(7)9-5(8)2-3/h5-10H,1-4H3;1-2H,(H4,7,8,9). The number of hydrogen-bond acceptors (Lipinski definition) is 4. The van der Waals surface area contributed by atoms with Crippen molar-refractivity contribution in [3.63, 3.8) is 0 Å². The second-order valence-corrected chi connectivity index (χ2v) is 8.87. The van der Waals surface area contributed by atoms with Crippen LogP contribution in [0.1, 0.15) is 22.8 Å². The van der Waals surface area contributed by atoms with E-state index in [2.05, 4.69) is 110 Å². The number of nitrogens with zero attached hydrogens (tertiary/aromatic N) is 4. The van der Waals surface area contributed by atoms with Gasteiger partial charge < -0.3 is 20.6 Å². The lowest BCUT2D eigenvalue weighted by Crippen LogP contribution is -2.07. The van der Waals surface area contributed by atoms with Gasteiger partial charge in [-0.25, -0.2) is 9.97 Å². The molecule has 0 fully saturated rings. The number of nitrogens with two attached hydrogens (primary N) is 2. The summed E-state index contributed by atoms with van der Waals surface area (Å²) in [4.78, 5) is 8.62. The van der Waals surface area contributed by atoms with Crippen LogP contribution in [0.2, 0.25) is 0 Å². The van der Waals surface area contributed by atoms with Gasteiger partial charge in [0.25, 0.3) is 0 Å². The van der Waals surface area contributed by atoms with Crippen LogP contribution in [0.3, 0.4) is 0 Å². The summed E-state index contributed by atoms with van der Waals surface area (Å²) in [5.41, 5.74) is 15.4. The lowest BCUT2D eigenvalue weighted by Gasteiger charge is -2.14. The Labute approximate surface area is 193 Å². The molecule has 0 aromatic carbocycles. The molecule has 4 rings (SSSR count). The highest BCUT2D eigenvalue weighted by atomic mass is 79.9. The van der Waals surface area contributed by atoms with Crippen molar-refractivity contribution in [3.8, 4) is 11.6 Å². The summed E-state index contributed by atoms with van der Waals surface area (Å²) in [6.45, 7) is 8.39. The van der Waals surface area contributed by atoms with Crippen molar-refractivity contribution in [2.24, 2.45) is 0 Å². The molecule has 0 bridgehead atoms. The molecule has 0 spiro atoms. The van der Waals surface area contributed by atoms with Gasteiger partial charge >= 0.3 is 0 Å². The minimum absolute atomic E-state index is 0.432. The highest BCUT2D eigenvalue weighted by Crippen LogP contribution is 2.23. The molecule has 0 saturated heterocycles. The third-order valence-corrected chi connectivity index (χ3v) is 5.51. The van der Waals surface area contributed by atoms with Gasteiger partial charge in [0, 0.05) is 31.7 Å². The number of aromatic nitrogens is 4. The molecule has 0 unspecified atom stereocenters. The van der Waals surface area contributed by atoms with Crippen molar-refractivity contribution < 1.29 is 0 Å². The highest BCUT2D eigenvalue weighted by Gasteiger charge is 2.11. The maximum atomic E-state index is 5.34. The van der Waals surface area contributed by atoms with E-state index in [-0.39, 0.29) is 0 Å². The first-order valence-electron chi connectivity index (χ1n) is 9.32. The van der Waals surface area contributed by atoms with Gasteiger partial charge in [0.1, 0.15) is 23.3 Å². The zero-order chi connectivity index (χ0) is 22.0. The van der Waals surface area contributed by atoms with Gasteiger partial charge in [0.05, 0.1) is 0 Å². The van der Waals surface area contributed by atoms with Crippen LogP contribution < -0.4 is 11.5 Å². The minimum atomic E-state index is 0.432. The van der Waals surface area contributed by atoms with Gasteiger partial charge in [-0.15, -0.1) is 0 Å². The topological polar surface area (TPSA) is 87.7 Å². The fourth-order valence-electron chi connectivity index (χ4n) is 3.30. The van der Waals surface area contributed by atoms with Crippen molar-refractivity contribution in [3.05, 3.63) is 80.3 Å². The van der Waals surface area contributed by atoms with E-state index >= 15 is 0 Å². The number of aryl methyl sites for hydroxylation is 4. The molecule has 0 saturated carbocycles. The molecule has 0 aliphatic carbocycles. The molecule has 0 aliphatic rings. The summed E-state index contributed by atoms with van der Waals surface area (Å²) in [5.74, 6) is 2.74. The summed E-state index contributed by atoms with van der Waals surface area (Å²) in [7, 11) is 0. The smallest absolute Gasteiger partial charge is 0.140 e. The first-order chi connectivity index (χ1) is 14.2. The number of rotatable bonds is 2. The van der Waals surface area contributed by atoms with E-state index in [1.165, 1.54) is 22.8 Å². The maximum absolute atomic E-state index is 5.34. The fraction of sp³-hybridized carbons (Fsp3) is 0.182. The quantitative estimate of drug-likeness (QED) is 0.349. The van der Waals surface area contributed by atoms with Gasteiger partial charge in [-0.05, 0) is 76.2 Å². The van der Waals surface area contributed by atoms with E-state index in [0.29, 0.717) is 11.6 Å². The van der Waals surface area contributed by atoms with E-state index in [9.17, 15) is 0 Å². The molecule has 6 nitrogen and oxygen atoms in total. The second kappa shape index (κ2) is 9.06. The molecule has 156 valence electrons. The minimum Gasteiger partial charge on any atom is -0.384 e. The van der Waals surface area contributed by atoms with Gasteiger partial charge in [-0.2, -0.15) is 0 Å². The van der Waals surface area contributed by atoms with Crippen LogP contribution in [0, 0.1) is 27.7 Å².